The van der Waals surface area contributed by atoms with Crippen molar-refractivity contribution >= 4 is 11.7 Å². The number of nitrogens with zero attached hydrogens (tertiary/aromatic N) is 1. The second kappa shape index (κ2) is 4.34. The summed E-state index contributed by atoms with van der Waals surface area (Å²) >= 11 is 0. The van der Waals surface area contributed by atoms with Crippen LogP contribution in [0, 0.1) is 11.8 Å². The normalized spacial score (nSPS) is 37.1. The van der Waals surface area contributed by atoms with E-state index in [1.807, 2.05) is 4.90 Å². The van der Waals surface area contributed by atoms with Gasteiger partial charge in [0, 0.05) is 31.8 Å². The van der Waals surface area contributed by atoms with Gasteiger partial charge in [-0.2, -0.15) is 0 Å². The van der Waals surface area contributed by atoms with Crippen molar-refractivity contribution in [3.8, 4) is 0 Å². The van der Waals surface area contributed by atoms with E-state index >= 15 is 0 Å². The molecule has 18 heavy (non-hydrogen) atoms. The van der Waals surface area contributed by atoms with Gasteiger partial charge in [0.15, 0.2) is 0 Å². The quantitative estimate of drug-likeness (QED) is 0.759. The number of piperidine rings is 1. The van der Waals surface area contributed by atoms with Crippen LogP contribution in [-0.2, 0) is 9.59 Å². The molecule has 1 heterocycles. The first-order chi connectivity index (χ1) is 8.58. The third kappa shape index (κ3) is 1.96. The summed E-state index contributed by atoms with van der Waals surface area (Å²) in [4.78, 5) is 25.1. The van der Waals surface area contributed by atoms with Crippen molar-refractivity contribution in [2.75, 3.05) is 13.1 Å². The zero-order valence-electron chi connectivity index (χ0n) is 10.7. The molecule has 1 saturated heterocycles. The van der Waals surface area contributed by atoms with Gasteiger partial charge in [-0.3, -0.25) is 9.59 Å². The summed E-state index contributed by atoms with van der Waals surface area (Å²) < 4.78 is 0. The van der Waals surface area contributed by atoms with E-state index in [-0.39, 0.29) is 23.5 Å². The van der Waals surface area contributed by atoms with Gasteiger partial charge < -0.3 is 10.0 Å². The summed E-state index contributed by atoms with van der Waals surface area (Å²) in [5, 5.41) is 10.6. The number of hydrogen-bond acceptors (Lipinski definition) is 3. The fraction of sp³-hybridized carbons (Fsp3) is 0.857. The van der Waals surface area contributed by atoms with Crippen molar-refractivity contribution in [3.05, 3.63) is 0 Å². The molecule has 2 atom stereocenters. The average molecular weight is 251 g/mol. The topological polar surface area (TPSA) is 57.6 Å². The first kappa shape index (κ1) is 12.2. The highest BCUT2D eigenvalue weighted by Gasteiger charge is 2.45. The lowest BCUT2D eigenvalue weighted by atomic mass is 9.71. The number of carbonyl (C=O) groups excluding carboxylic acids is 2. The Labute approximate surface area is 107 Å². The molecule has 0 aromatic rings. The summed E-state index contributed by atoms with van der Waals surface area (Å²) in [6, 6.07) is 0. The molecule has 3 fully saturated rings. The Bertz CT molecular complexity index is 373. The Hall–Kier alpha value is -0.900. The van der Waals surface area contributed by atoms with E-state index in [2.05, 4.69) is 0 Å². The van der Waals surface area contributed by atoms with E-state index in [0.29, 0.717) is 32.4 Å². The predicted molar refractivity (Wildman–Crippen MR) is 65.8 cm³/mol. The molecule has 4 heteroatoms. The molecule has 0 bridgehead atoms. The first-order valence-corrected chi connectivity index (χ1v) is 7.11. The minimum atomic E-state index is -0.523. The van der Waals surface area contributed by atoms with Crippen LogP contribution in [0.4, 0.5) is 0 Å². The van der Waals surface area contributed by atoms with Gasteiger partial charge >= 0.3 is 0 Å². The van der Waals surface area contributed by atoms with E-state index < -0.39 is 5.60 Å². The molecule has 4 nitrogen and oxygen atoms in total. The van der Waals surface area contributed by atoms with Crippen molar-refractivity contribution in [1.29, 1.82) is 0 Å². The highest BCUT2D eigenvalue weighted by atomic mass is 16.3. The van der Waals surface area contributed by atoms with E-state index in [1.54, 1.807) is 0 Å². The third-order valence-electron chi connectivity index (χ3n) is 5.04. The Kier molecular flexibility index (Phi) is 2.93. The number of ketones is 1. The van der Waals surface area contributed by atoms with Gasteiger partial charge in [-0.25, -0.2) is 0 Å². The smallest absolute Gasteiger partial charge is 0.226 e. The van der Waals surface area contributed by atoms with E-state index in [0.717, 1.165) is 25.7 Å². The van der Waals surface area contributed by atoms with Gasteiger partial charge in [0.1, 0.15) is 5.78 Å². The highest BCUT2D eigenvalue weighted by molar-refractivity contribution is 5.96. The van der Waals surface area contributed by atoms with Crippen LogP contribution in [0.1, 0.15) is 44.9 Å². The van der Waals surface area contributed by atoms with Gasteiger partial charge in [-0.15, -0.1) is 0 Å². The van der Waals surface area contributed by atoms with Crippen LogP contribution in [-0.4, -0.2) is 40.4 Å². The molecule has 0 spiro atoms. The monoisotopic (exact) mass is 251 g/mol. The number of aliphatic hydroxyl groups is 1. The Morgan fingerprint density at radius 2 is 2.06 bits per heavy atom. The van der Waals surface area contributed by atoms with Crippen molar-refractivity contribution < 1.29 is 14.7 Å². The second-order valence-electron chi connectivity index (χ2n) is 6.22. The average Bonchev–Trinajstić information content (AvgIpc) is 2.33. The minimum Gasteiger partial charge on any atom is -0.389 e. The molecular weight excluding hydrogens is 230 g/mol. The van der Waals surface area contributed by atoms with E-state index in [9.17, 15) is 14.7 Å². The summed E-state index contributed by atoms with van der Waals surface area (Å²) in [5.74, 6) is 0.536. The van der Waals surface area contributed by atoms with Crippen LogP contribution in [0.5, 0.6) is 0 Å². The summed E-state index contributed by atoms with van der Waals surface area (Å²) in [6.45, 7) is 1.36. The van der Waals surface area contributed by atoms with Crippen molar-refractivity contribution in [2.45, 2.75) is 50.5 Å². The van der Waals surface area contributed by atoms with Gasteiger partial charge in [-0.05, 0) is 19.3 Å². The Morgan fingerprint density at radius 3 is 2.78 bits per heavy atom. The lowest BCUT2D eigenvalue weighted by Crippen LogP contribution is -2.56. The van der Waals surface area contributed by atoms with Gasteiger partial charge in [0.05, 0.1) is 11.5 Å². The standard InChI is InChI=1S/C14H21NO3/c16-12-7-10(8-12)13(17)15-6-5-14(18)4-2-1-3-11(14)9-15/h10-11,18H,1-9H2. The highest BCUT2D eigenvalue weighted by Crippen LogP contribution is 2.40. The maximum absolute atomic E-state index is 12.2. The maximum Gasteiger partial charge on any atom is 0.226 e. The fourth-order valence-electron chi connectivity index (χ4n) is 3.69. The summed E-state index contributed by atoms with van der Waals surface area (Å²) in [5.41, 5.74) is -0.523. The summed E-state index contributed by atoms with van der Waals surface area (Å²) in [6.07, 6.45) is 5.78. The summed E-state index contributed by atoms with van der Waals surface area (Å²) in [7, 11) is 0. The largest absolute Gasteiger partial charge is 0.389 e. The van der Waals surface area contributed by atoms with Crippen LogP contribution >= 0.6 is 0 Å². The second-order valence-corrected chi connectivity index (χ2v) is 6.22. The minimum absolute atomic E-state index is 0.0627. The van der Waals surface area contributed by atoms with Crippen molar-refractivity contribution in [3.63, 3.8) is 0 Å². The van der Waals surface area contributed by atoms with Crippen LogP contribution in [0.15, 0.2) is 0 Å². The SMILES string of the molecule is O=C1CC(C(=O)N2CCC3(O)CCCCC3C2)C1. The number of rotatable bonds is 1. The molecule has 1 N–H and O–H groups in total. The molecule has 0 aromatic heterocycles. The van der Waals surface area contributed by atoms with Gasteiger partial charge in [0.2, 0.25) is 5.91 Å². The van der Waals surface area contributed by atoms with Crippen LogP contribution in [0.25, 0.3) is 0 Å². The van der Waals surface area contributed by atoms with Crippen molar-refractivity contribution in [2.24, 2.45) is 11.8 Å². The molecule has 2 aliphatic carbocycles. The molecule has 2 unspecified atom stereocenters. The molecule has 2 saturated carbocycles. The Morgan fingerprint density at radius 1 is 1.28 bits per heavy atom. The first-order valence-electron chi connectivity index (χ1n) is 7.11. The van der Waals surface area contributed by atoms with Crippen LogP contribution < -0.4 is 0 Å². The lowest BCUT2D eigenvalue weighted by molar-refractivity contribution is -0.153. The van der Waals surface area contributed by atoms with Gasteiger partial charge in [0.25, 0.3) is 0 Å². The number of carbonyl (C=O) groups is 2. The zero-order valence-corrected chi connectivity index (χ0v) is 10.7. The number of likely N-dealkylation sites (tertiary alicyclic amines) is 1. The fourth-order valence-corrected chi connectivity index (χ4v) is 3.69. The number of Topliss-reactive ketones (excluding diaryl/α,β-unsaturated/α-hetero) is 1. The van der Waals surface area contributed by atoms with E-state index in [4.69, 9.17) is 0 Å². The predicted octanol–water partition coefficient (Wildman–Crippen LogP) is 1.12. The molecule has 1 aliphatic heterocycles. The molecule has 1 amide bonds. The molecular formula is C14H21NO3. The van der Waals surface area contributed by atoms with Crippen molar-refractivity contribution in [1.82, 2.24) is 4.90 Å². The Balaban J connectivity index is 1.63. The third-order valence-corrected chi connectivity index (χ3v) is 5.04. The number of amides is 1. The van der Waals surface area contributed by atoms with Gasteiger partial charge in [-0.1, -0.05) is 12.8 Å². The van der Waals surface area contributed by atoms with E-state index in [1.165, 1.54) is 0 Å². The zero-order chi connectivity index (χ0) is 12.8. The molecule has 0 aromatic carbocycles. The molecule has 3 aliphatic rings. The molecule has 3 rings (SSSR count). The van der Waals surface area contributed by atoms with Crippen LogP contribution in [0.2, 0.25) is 0 Å². The molecule has 0 radical (unpaired) electrons. The number of hydrogen-bond donors (Lipinski definition) is 1. The lowest BCUT2D eigenvalue weighted by Gasteiger charge is -2.48. The number of fused-ring (bicyclic) bond motifs is 1. The van der Waals surface area contributed by atoms with Crippen LogP contribution in [0.3, 0.4) is 0 Å². The maximum atomic E-state index is 12.2. The molecule has 100 valence electrons.